The van der Waals surface area contributed by atoms with Crippen LogP contribution in [-0.4, -0.2) is 10.2 Å². The number of hydrogen-bond acceptors (Lipinski definition) is 4. The lowest BCUT2D eigenvalue weighted by molar-refractivity contribution is 0.886. The molecule has 2 aromatic rings. The van der Waals surface area contributed by atoms with Crippen LogP contribution in [0.5, 0.6) is 0 Å². The van der Waals surface area contributed by atoms with E-state index in [1.54, 1.807) is 11.3 Å². The maximum absolute atomic E-state index is 4.46. The van der Waals surface area contributed by atoms with Gasteiger partial charge in [-0.25, -0.2) is 4.98 Å². The van der Waals surface area contributed by atoms with E-state index >= 15 is 0 Å². The molecule has 1 heterocycles. The molecule has 2 nitrogen and oxygen atoms in total. The van der Waals surface area contributed by atoms with Gasteiger partial charge in [0.25, 0.3) is 0 Å². The first kappa shape index (κ1) is 14.0. The number of rotatable bonds is 5. The van der Waals surface area contributed by atoms with Crippen LogP contribution in [0, 0.1) is 6.92 Å². The zero-order valence-electron chi connectivity index (χ0n) is 11.8. The number of aromatic nitrogens is 1. The molecule has 0 spiro atoms. The van der Waals surface area contributed by atoms with Crippen molar-refractivity contribution in [1.29, 1.82) is 0 Å². The van der Waals surface area contributed by atoms with Crippen molar-refractivity contribution in [3.63, 3.8) is 0 Å². The first-order valence-corrected chi connectivity index (χ1v) is 8.97. The summed E-state index contributed by atoms with van der Waals surface area (Å²) in [5.74, 6) is 0. The van der Waals surface area contributed by atoms with Crippen molar-refractivity contribution in [2.24, 2.45) is 0 Å². The Hall–Kier alpha value is -1.00. The molecule has 1 saturated carbocycles. The van der Waals surface area contributed by atoms with Gasteiger partial charge in [0.1, 0.15) is 0 Å². The third-order valence-electron chi connectivity index (χ3n) is 3.60. The van der Waals surface area contributed by atoms with Crippen LogP contribution >= 0.6 is 23.1 Å². The fourth-order valence-corrected chi connectivity index (χ4v) is 4.39. The molecule has 1 aliphatic carbocycles. The summed E-state index contributed by atoms with van der Waals surface area (Å²) in [5, 5.41) is 7.52. The monoisotopic (exact) mass is 304 g/mol. The number of nitrogens with zero attached hydrogens (tertiary/aromatic N) is 1. The molecular formula is C16H20N2S2. The van der Waals surface area contributed by atoms with E-state index in [1.807, 2.05) is 18.7 Å². The molecule has 1 aliphatic rings. The molecule has 0 aliphatic heterocycles. The van der Waals surface area contributed by atoms with E-state index in [-0.39, 0.29) is 0 Å². The maximum Gasteiger partial charge on any atom is 0.0898 e. The van der Waals surface area contributed by atoms with Crippen molar-refractivity contribution in [1.82, 2.24) is 4.98 Å². The number of thiazole rings is 1. The van der Waals surface area contributed by atoms with Gasteiger partial charge in [-0.3, -0.25) is 0 Å². The van der Waals surface area contributed by atoms with Gasteiger partial charge < -0.3 is 5.32 Å². The molecule has 4 heteroatoms. The Balaban J connectivity index is 1.52. The van der Waals surface area contributed by atoms with E-state index in [4.69, 9.17) is 0 Å². The molecule has 0 radical (unpaired) electrons. The van der Waals surface area contributed by atoms with E-state index in [0.29, 0.717) is 0 Å². The van der Waals surface area contributed by atoms with Crippen LogP contribution in [0.2, 0.25) is 0 Å². The summed E-state index contributed by atoms with van der Waals surface area (Å²) in [5.41, 5.74) is 2.29. The van der Waals surface area contributed by atoms with Gasteiger partial charge in [0.15, 0.2) is 0 Å². The molecule has 0 amide bonds. The van der Waals surface area contributed by atoms with Crippen LogP contribution in [0.4, 0.5) is 5.69 Å². The van der Waals surface area contributed by atoms with E-state index in [0.717, 1.165) is 22.5 Å². The average Bonchev–Trinajstić information content (AvgIpc) is 3.10. The van der Waals surface area contributed by atoms with Crippen molar-refractivity contribution in [3.05, 3.63) is 40.3 Å². The number of hydrogen-bond donors (Lipinski definition) is 1. The Kier molecular flexibility index (Phi) is 4.63. The standard InChI is InChI=1S/C16H20N2S2/c1-12-18-14(11-19-12)10-17-13-6-8-16(9-7-13)20-15-4-2-3-5-15/h6-9,11,15,17H,2-5,10H2,1H3. The van der Waals surface area contributed by atoms with Crippen molar-refractivity contribution < 1.29 is 0 Å². The van der Waals surface area contributed by atoms with Crippen molar-refractivity contribution in [3.8, 4) is 0 Å². The highest BCUT2D eigenvalue weighted by Crippen LogP contribution is 2.34. The number of benzene rings is 1. The molecule has 0 bridgehead atoms. The van der Waals surface area contributed by atoms with Gasteiger partial charge >= 0.3 is 0 Å². The van der Waals surface area contributed by atoms with Crippen LogP contribution in [0.1, 0.15) is 36.4 Å². The summed E-state index contributed by atoms with van der Waals surface area (Å²) in [6.07, 6.45) is 5.58. The van der Waals surface area contributed by atoms with Gasteiger partial charge in [-0.1, -0.05) is 12.8 Å². The smallest absolute Gasteiger partial charge is 0.0898 e. The zero-order valence-corrected chi connectivity index (χ0v) is 13.4. The third-order valence-corrected chi connectivity index (χ3v) is 5.77. The van der Waals surface area contributed by atoms with Crippen LogP contribution in [0.25, 0.3) is 0 Å². The predicted octanol–water partition coefficient (Wildman–Crippen LogP) is 5.10. The highest BCUT2D eigenvalue weighted by Gasteiger charge is 2.15. The fourth-order valence-electron chi connectivity index (χ4n) is 2.53. The van der Waals surface area contributed by atoms with Gasteiger partial charge in [-0.15, -0.1) is 23.1 Å². The number of aryl methyl sites for hydroxylation is 1. The largest absolute Gasteiger partial charge is 0.379 e. The lowest BCUT2D eigenvalue weighted by Crippen LogP contribution is -1.99. The Morgan fingerprint density at radius 3 is 2.65 bits per heavy atom. The fraction of sp³-hybridized carbons (Fsp3) is 0.438. The highest BCUT2D eigenvalue weighted by atomic mass is 32.2. The molecule has 0 unspecified atom stereocenters. The summed E-state index contributed by atoms with van der Waals surface area (Å²) >= 11 is 3.74. The zero-order chi connectivity index (χ0) is 13.8. The summed E-state index contributed by atoms with van der Waals surface area (Å²) < 4.78 is 0. The number of nitrogens with one attached hydrogen (secondary N) is 1. The molecule has 106 valence electrons. The van der Waals surface area contributed by atoms with Gasteiger partial charge in [0, 0.05) is 21.2 Å². The van der Waals surface area contributed by atoms with Crippen LogP contribution in [0.15, 0.2) is 34.5 Å². The van der Waals surface area contributed by atoms with Crippen molar-refractivity contribution in [2.75, 3.05) is 5.32 Å². The van der Waals surface area contributed by atoms with Crippen LogP contribution in [-0.2, 0) is 6.54 Å². The number of anilines is 1. The summed E-state index contributed by atoms with van der Waals surface area (Å²) in [4.78, 5) is 5.86. The normalized spacial score (nSPS) is 15.7. The van der Waals surface area contributed by atoms with E-state index in [2.05, 4.69) is 39.9 Å². The van der Waals surface area contributed by atoms with Crippen molar-refractivity contribution >= 4 is 28.8 Å². The predicted molar refractivity (Wildman–Crippen MR) is 88.7 cm³/mol. The molecule has 1 aromatic carbocycles. The lowest BCUT2D eigenvalue weighted by atomic mass is 10.3. The van der Waals surface area contributed by atoms with Crippen molar-refractivity contribution in [2.45, 2.75) is 49.3 Å². The van der Waals surface area contributed by atoms with Crippen LogP contribution < -0.4 is 5.32 Å². The minimum atomic E-state index is 0.805. The molecule has 1 fully saturated rings. The molecule has 1 aromatic heterocycles. The third kappa shape index (κ3) is 3.76. The number of thioether (sulfide) groups is 1. The SMILES string of the molecule is Cc1nc(CNc2ccc(SC3CCCC3)cc2)cs1. The van der Waals surface area contributed by atoms with Crippen LogP contribution in [0.3, 0.4) is 0 Å². The minimum Gasteiger partial charge on any atom is -0.379 e. The van der Waals surface area contributed by atoms with Gasteiger partial charge in [-0.05, 0) is 44.0 Å². The Morgan fingerprint density at radius 1 is 1.25 bits per heavy atom. The minimum absolute atomic E-state index is 0.805. The molecule has 0 atom stereocenters. The summed E-state index contributed by atoms with van der Waals surface area (Å²) in [6.45, 7) is 2.85. The second-order valence-corrected chi connectivity index (χ2v) is 7.70. The average molecular weight is 304 g/mol. The first-order chi connectivity index (χ1) is 9.79. The molecule has 20 heavy (non-hydrogen) atoms. The van der Waals surface area contributed by atoms with E-state index in [1.165, 1.54) is 36.3 Å². The summed E-state index contributed by atoms with van der Waals surface area (Å²) in [7, 11) is 0. The lowest BCUT2D eigenvalue weighted by Gasteiger charge is -2.10. The van der Waals surface area contributed by atoms with Gasteiger partial charge in [-0.2, -0.15) is 0 Å². The Morgan fingerprint density at radius 2 is 2.00 bits per heavy atom. The summed E-state index contributed by atoms with van der Waals surface area (Å²) in [6, 6.07) is 8.82. The van der Waals surface area contributed by atoms with E-state index in [9.17, 15) is 0 Å². The molecule has 0 saturated heterocycles. The van der Waals surface area contributed by atoms with Gasteiger partial charge in [0.2, 0.25) is 0 Å². The molecule has 1 N–H and O–H groups in total. The highest BCUT2D eigenvalue weighted by molar-refractivity contribution is 8.00. The Bertz CT molecular complexity index is 542. The first-order valence-electron chi connectivity index (χ1n) is 7.21. The maximum atomic E-state index is 4.46. The second-order valence-electron chi connectivity index (χ2n) is 5.26. The van der Waals surface area contributed by atoms with E-state index < -0.39 is 0 Å². The topological polar surface area (TPSA) is 24.9 Å². The second kappa shape index (κ2) is 6.64. The Labute approximate surface area is 129 Å². The quantitative estimate of drug-likeness (QED) is 0.832. The molecule has 3 rings (SSSR count). The van der Waals surface area contributed by atoms with Gasteiger partial charge in [0.05, 0.1) is 17.2 Å². The molecular weight excluding hydrogens is 284 g/mol.